The molecule has 0 aliphatic carbocycles. The van der Waals surface area contributed by atoms with Gasteiger partial charge in [-0.3, -0.25) is 4.79 Å². The summed E-state index contributed by atoms with van der Waals surface area (Å²) in [5.74, 6) is 0.202. The number of Topliss-reactive ketones (excluding diaryl/α,β-unsaturated/α-hetero) is 1. The second-order valence-corrected chi connectivity index (χ2v) is 4.95. The standard InChI is InChI=1S/C12H13Cl2NO/c1-7-9(4-5-15-7)12(16)8-2-3-10(13)11(14)6-8/h2-3,6-7,9,15H,4-5H2,1H3. The summed E-state index contributed by atoms with van der Waals surface area (Å²) in [6.07, 6.45) is 0.889. The third-order valence-corrected chi connectivity index (χ3v) is 3.81. The van der Waals surface area contributed by atoms with Crippen molar-refractivity contribution in [1.29, 1.82) is 0 Å². The van der Waals surface area contributed by atoms with Crippen molar-refractivity contribution < 1.29 is 4.79 Å². The van der Waals surface area contributed by atoms with E-state index in [1.54, 1.807) is 18.2 Å². The Balaban J connectivity index is 2.23. The first-order valence-corrected chi connectivity index (χ1v) is 6.08. The number of nitrogens with one attached hydrogen (secondary N) is 1. The van der Waals surface area contributed by atoms with E-state index in [1.165, 1.54) is 0 Å². The number of benzene rings is 1. The van der Waals surface area contributed by atoms with Crippen LogP contribution in [0, 0.1) is 5.92 Å². The monoisotopic (exact) mass is 257 g/mol. The lowest BCUT2D eigenvalue weighted by Crippen LogP contribution is -2.28. The van der Waals surface area contributed by atoms with Crippen molar-refractivity contribution in [3.05, 3.63) is 33.8 Å². The third kappa shape index (κ3) is 2.24. The highest BCUT2D eigenvalue weighted by Gasteiger charge is 2.30. The van der Waals surface area contributed by atoms with Crippen LogP contribution in [0.3, 0.4) is 0 Å². The average molecular weight is 258 g/mol. The summed E-state index contributed by atoms with van der Waals surface area (Å²) in [7, 11) is 0. The van der Waals surface area contributed by atoms with E-state index in [0.717, 1.165) is 13.0 Å². The summed E-state index contributed by atoms with van der Waals surface area (Å²) in [6, 6.07) is 5.30. The lowest BCUT2D eigenvalue weighted by Gasteiger charge is -2.13. The molecule has 4 heteroatoms. The van der Waals surface area contributed by atoms with Crippen LogP contribution in [-0.2, 0) is 0 Å². The fraction of sp³-hybridized carbons (Fsp3) is 0.417. The van der Waals surface area contributed by atoms with Crippen LogP contribution in [0.25, 0.3) is 0 Å². The molecule has 16 heavy (non-hydrogen) atoms. The Hall–Kier alpha value is -0.570. The topological polar surface area (TPSA) is 29.1 Å². The van der Waals surface area contributed by atoms with Gasteiger partial charge in [0.1, 0.15) is 0 Å². The van der Waals surface area contributed by atoms with Crippen LogP contribution in [0.1, 0.15) is 23.7 Å². The van der Waals surface area contributed by atoms with Crippen LogP contribution >= 0.6 is 23.2 Å². The lowest BCUT2D eigenvalue weighted by atomic mass is 9.92. The van der Waals surface area contributed by atoms with Crippen LogP contribution in [0.15, 0.2) is 18.2 Å². The maximum absolute atomic E-state index is 12.2. The lowest BCUT2D eigenvalue weighted by molar-refractivity contribution is 0.0914. The number of hydrogen-bond donors (Lipinski definition) is 1. The number of carbonyl (C=O) groups is 1. The van der Waals surface area contributed by atoms with E-state index in [-0.39, 0.29) is 17.7 Å². The zero-order valence-electron chi connectivity index (χ0n) is 8.97. The normalized spacial score (nSPS) is 24.7. The van der Waals surface area contributed by atoms with Gasteiger partial charge >= 0.3 is 0 Å². The highest BCUT2D eigenvalue weighted by molar-refractivity contribution is 6.42. The highest BCUT2D eigenvalue weighted by Crippen LogP contribution is 2.26. The molecule has 0 saturated carbocycles. The molecule has 2 unspecified atom stereocenters. The maximum Gasteiger partial charge on any atom is 0.167 e. The Morgan fingerprint density at radius 1 is 1.38 bits per heavy atom. The van der Waals surface area contributed by atoms with Crippen LogP contribution < -0.4 is 5.32 Å². The fourth-order valence-corrected chi connectivity index (χ4v) is 2.38. The van der Waals surface area contributed by atoms with Crippen molar-refractivity contribution in [2.24, 2.45) is 5.92 Å². The van der Waals surface area contributed by atoms with Gasteiger partial charge in [0, 0.05) is 17.5 Å². The molecule has 1 aliphatic rings. The van der Waals surface area contributed by atoms with E-state index in [2.05, 4.69) is 5.32 Å². The first-order chi connectivity index (χ1) is 7.59. The first kappa shape index (κ1) is 11.9. The van der Waals surface area contributed by atoms with Crippen molar-refractivity contribution in [2.75, 3.05) is 6.54 Å². The van der Waals surface area contributed by atoms with Gasteiger partial charge < -0.3 is 5.32 Å². The minimum Gasteiger partial charge on any atom is -0.313 e. The largest absolute Gasteiger partial charge is 0.313 e. The summed E-state index contributed by atoms with van der Waals surface area (Å²) >= 11 is 11.7. The molecule has 1 heterocycles. The summed E-state index contributed by atoms with van der Waals surface area (Å²) in [5.41, 5.74) is 0.648. The number of carbonyl (C=O) groups excluding carboxylic acids is 1. The Kier molecular flexibility index (Phi) is 3.53. The second kappa shape index (κ2) is 4.74. The van der Waals surface area contributed by atoms with Crippen molar-refractivity contribution in [2.45, 2.75) is 19.4 Å². The Labute approximate surface area is 105 Å². The molecular weight excluding hydrogens is 245 g/mol. The predicted molar refractivity (Wildman–Crippen MR) is 66.4 cm³/mol. The molecule has 1 N–H and O–H groups in total. The van der Waals surface area contributed by atoms with Gasteiger partial charge in [-0.05, 0) is 38.1 Å². The van der Waals surface area contributed by atoms with Gasteiger partial charge in [-0.1, -0.05) is 23.2 Å². The van der Waals surface area contributed by atoms with E-state index in [0.29, 0.717) is 15.6 Å². The average Bonchev–Trinajstić information content (AvgIpc) is 2.67. The fourth-order valence-electron chi connectivity index (χ4n) is 2.08. The molecule has 2 atom stereocenters. The molecule has 0 bridgehead atoms. The minimum absolute atomic E-state index is 0.0530. The molecule has 0 amide bonds. The van der Waals surface area contributed by atoms with Crippen LogP contribution in [0.5, 0.6) is 0 Å². The number of hydrogen-bond acceptors (Lipinski definition) is 2. The van der Waals surface area contributed by atoms with E-state index >= 15 is 0 Å². The van der Waals surface area contributed by atoms with Gasteiger partial charge in [-0.25, -0.2) is 0 Å². The highest BCUT2D eigenvalue weighted by atomic mass is 35.5. The molecule has 0 aromatic heterocycles. The van der Waals surface area contributed by atoms with Gasteiger partial charge in [-0.15, -0.1) is 0 Å². The van der Waals surface area contributed by atoms with Crippen LogP contribution in [-0.4, -0.2) is 18.4 Å². The molecule has 0 radical (unpaired) electrons. The Morgan fingerprint density at radius 3 is 2.69 bits per heavy atom. The minimum atomic E-state index is 0.0530. The van der Waals surface area contributed by atoms with Crippen LogP contribution in [0.4, 0.5) is 0 Å². The Bertz CT molecular complexity index is 419. The summed E-state index contributed by atoms with van der Waals surface area (Å²) in [5, 5.41) is 4.18. The zero-order chi connectivity index (χ0) is 11.7. The van der Waals surface area contributed by atoms with Gasteiger partial charge in [0.25, 0.3) is 0 Å². The molecule has 2 nitrogen and oxygen atoms in total. The summed E-state index contributed by atoms with van der Waals surface area (Å²) in [4.78, 5) is 12.2. The second-order valence-electron chi connectivity index (χ2n) is 4.13. The molecule has 1 aliphatic heterocycles. The molecule has 1 aromatic carbocycles. The molecular formula is C12H13Cl2NO. The van der Waals surface area contributed by atoms with E-state index in [9.17, 15) is 4.79 Å². The summed E-state index contributed by atoms with van der Waals surface area (Å²) < 4.78 is 0. The summed E-state index contributed by atoms with van der Waals surface area (Å²) in [6.45, 7) is 2.94. The molecule has 1 fully saturated rings. The quantitative estimate of drug-likeness (QED) is 0.825. The third-order valence-electron chi connectivity index (χ3n) is 3.07. The molecule has 86 valence electrons. The Morgan fingerprint density at radius 2 is 2.12 bits per heavy atom. The van der Waals surface area contributed by atoms with E-state index in [4.69, 9.17) is 23.2 Å². The van der Waals surface area contributed by atoms with Crippen molar-refractivity contribution >= 4 is 29.0 Å². The molecule has 1 aromatic rings. The van der Waals surface area contributed by atoms with E-state index < -0.39 is 0 Å². The molecule has 1 saturated heterocycles. The predicted octanol–water partition coefficient (Wildman–Crippen LogP) is 3.17. The van der Waals surface area contributed by atoms with Gasteiger partial charge in [-0.2, -0.15) is 0 Å². The SMILES string of the molecule is CC1NCCC1C(=O)c1ccc(Cl)c(Cl)c1. The molecule has 2 rings (SSSR count). The van der Waals surface area contributed by atoms with Crippen molar-refractivity contribution in [3.63, 3.8) is 0 Å². The number of halogens is 2. The maximum atomic E-state index is 12.2. The number of rotatable bonds is 2. The van der Waals surface area contributed by atoms with Crippen molar-refractivity contribution in [3.8, 4) is 0 Å². The van der Waals surface area contributed by atoms with Gasteiger partial charge in [0.05, 0.1) is 10.0 Å². The zero-order valence-corrected chi connectivity index (χ0v) is 10.5. The molecule has 0 spiro atoms. The van der Waals surface area contributed by atoms with Crippen LogP contribution in [0.2, 0.25) is 10.0 Å². The first-order valence-electron chi connectivity index (χ1n) is 5.32. The number of ketones is 1. The van der Waals surface area contributed by atoms with Gasteiger partial charge in [0.15, 0.2) is 5.78 Å². The van der Waals surface area contributed by atoms with E-state index in [1.807, 2.05) is 6.92 Å². The van der Waals surface area contributed by atoms with Gasteiger partial charge in [0.2, 0.25) is 0 Å². The van der Waals surface area contributed by atoms with Crippen molar-refractivity contribution in [1.82, 2.24) is 5.32 Å². The smallest absolute Gasteiger partial charge is 0.167 e.